The smallest absolute Gasteiger partial charge is 0.305 e. The van der Waals surface area contributed by atoms with Crippen molar-refractivity contribution in [2.45, 2.75) is 26.0 Å². The number of carbonyl (C=O) groups excluding carboxylic acids is 1. The molecule has 2 aromatic carbocycles. The fraction of sp³-hybridized carbons (Fsp3) is 0.263. The second kappa shape index (κ2) is 9.32. The van der Waals surface area contributed by atoms with Gasteiger partial charge in [-0.15, -0.1) is 0 Å². The molecule has 0 saturated heterocycles. The van der Waals surface area contributed by atoms with Gasteiger partial charge in [0.2, 0.25) is 0 Å². The number of ether oxygens (including phenoxy) is 1. The molecule has 0 aliphatic rings. The maximum absolute atomic E-state index is 13.9. The van der Waals surface area contributed by atoms with E-state index in [2.05, 4.69) is 0 Å². The Bertz CT molecular complexity index is 831. The van der Waals surface area contributed by atoms with Gasteiger partial charge in [-0.25, -0.2) is 8.78 Å². The molecule has 0 saturated carbocycles. The van der Waals surface area contributed by atoms with Gasteiger partial charge >= 0.3 is 5.97 Å². The number of para-hydroxylation sites is 1. The van der Waals surface area contributed by atoms with Gasteiger partial charge in [-0.2, -0.15) is 0 Å². The van der Waals surface area contributed by atoms with Gasteiger partial charge in [0.1, 0.15) is 5.75 Å². The summed E-state index contributed by atoms with van der Waals surface area (Å²) in [7, 11) is 0. The van der Waals surface area contributed by atoms with Gasteiger partial charge < -0.3 is 14.7 Å². The van der Waals surface area contributed by atoms with Crippen LogP contribution in [-0.4, -0.2) is 34.5 Å². The van der Waals surface area contributed by atoms with Crippen LogP contribution < -0.4 is 4.74 Å². The van der Waals surface area contributed by atoms with Crippen molar-refractivity contribution >= 4 is 23.5 Å². The molecule has 27 heavy (non-hydrogen) atoms. The monoisotopic (exact) mass is 397 g/mol. The number of carbonyl (C=O) groups is 2. The first-order valence-electron chi connectivity index (χ1n) is 8.14. The third-order valence-electron chi connectivity index (χ3n) is 3.79. The fourth-order valence-corrected chi connectivity index (χ4v) is 2.59. The minimum absolute atomic E-state index is 0.0568. The van der Waals surface area contributed by atoms with Gasteiger partial charge in [0.25, 0.3) is 5.91 Å². The van der Waals surface area contributed by atoms with E-state index in [4.69, 9.17) is 21.4 Å². The molecule has 0 bridgehead atoms. The summed E-state index contributed by atoms with van der Waals surface area (Å²) in [5.41, 5.74) is -0.0568. The Kier molecular flexibility index (Phi) is 7.12. The Hall–Kier alpha value is -2.67. The number of aliphatic carboxylic acids is 1. The molecule has 0 aromatic heterocycles. The maximum atomic E-state index is 13.9. The molecule has 2 aromatic rings. The Balaban J connectivity index is 2.18. The van der Waals surface area contributed by atoms with E-state index in [1.165, 1.54) is 19.1 Å². The molecule has 0 unspecified atom stereocenters. The van der Waals surface area contributed by atoms with Crippen molar-refractivity contribution in [3.05, 3.63) is 64.7 Å². The van der Waals surface area contributed by atoms with Crippen molar-refractivity contribution in [1.29, 1.82) is 0 Å². The lowest BCUT2D eigenvalue weighted by molar-refractivity contribution is -0.141. The molecule has 5 nitrogen and oxygen atoms in total. The summed E-state index contributed by atoms with van der Waals surface area (Å²) in [4.78, 5) is 24.7. The van der Waals surface area contributed by atoms with Crippen molar-refractivity contribution in [3.63, 3.8) is 0 Å². The van der Waals surface area contributed by atoms with Crippen molar-refractivity contribution in [2.75, 3.05) is 6.54 Å². The summed E-state index contributed by atoms with van der Waals surface area (Å²) < 4.78 is 32.9. The number of hydrogen-bond acceptors (Lipinski definition) is 3. The van der Waals surface area contributed by atoms with E-state index >= 15 is 0 Å². The largest absolute Gasteiger partial charge is 0.481 e. The Morgan fingerprint density at radius 3 is 2.56 bits per heavy atom. The molecule has 0 fully saturated rings. The molecule has 144 valence electrons. The van der Waals surface area contributed by atoms with Gasteiger partial charge in [0, 0.05) is 18.7 Å². The van der Waals surface area contributed by atoms with E-state index in [0.29, 0.717) is 5.02 Å². The highest BCUT2D eigenvalue weighted by molar-refractivity contribution is 6.32. The number of benzene rings is 2. The second-order valence-corrected chi connectivity index (χ2v) is 6.21. The SMILES string of the molecule is C[C@H](Oc1ccccc1Cl)C(=O)N(CCC(=O)O)Cc1cccc(F)c1F. The maximum Gasteiger partial charge on any atom is 0.305 e. The van der Waals surface area contributed by atoms with Crippen molar-refractivity contribution < 1.29 is 28.2 Å². The van der Waals surface area contributed by atoms with E-state index in [0.717, 1.165) is 11.0 Å². The highest BCUT2D eigenvalue weighted by Crippen LogP contribution is 2.25. The van der Waals surface area contributed by atoms with Gasteiger partial charge in [-0.1, -0.05) is 35.9 Å². The van der Waals surface area contributed by atoms with Crippen LogP contribution in [0.25, 0.3) is 0 Å². The second-order valence-electron chi connectivity index (χ2n) is 5.81. The quantitative estimate of drug-likeness (QED) is 0.733. The lowest BCUT2D eigenvalue weighted by Gasteiger charge is -2.26. The summed E-state index contributed by atoms with van der Waals surface area (Å²) in [6, 6.07) is 10.2. The summed E-state index contributed by atoms with van der Waals surface area (Å²) in [5, 5.41) is 9.21. The zero-order chi connectivity index (χ0) is 20.0. The number of carboxylic acid groups (broad SMARTS) is 1. The Labute approximate surface area is 160 Å². The molecule has 8 heteroatoms. The fourth-order valence-electron chi connectivity index (χ4n) is 2.41. The third-order valence-corrected chi connectivity index (χ3v) is 4.10. The summed E-state index contributed by atoms with van der Waals surface area (Å²) >= 11 is 6.00. The first kappa shape index (κ1) is 20.6. The van der Waals surface area contributed by atoms with Crippen LogP contribution in [0, 0.1) is 11.6 Å². The molecule has 1 atom stereocenters. The molecule has 0 spiro atoms. The highest BCUT2D eigenvalue weighted by atomic mass is 35.5. The molecule has 2 rings (SSSR count). The number of carboxylic acids is 1. The van der Waals surface area contributed by atoms with E-state index in [9.17, 15) is 18.4 Å². The Morgan fingerprint density at radius 2 is 1.89 bits per heavy atom. The van der Waals surface area contributed by atoms with Crippen LogP contribution in [0.3, 0.4) is 0 Å². The molecule has 0 heterocycles. The molecule has 0 aliphatic heterocycles. The predicted octanol–water partition coefficient (Wildman–Crippen LogP) is 3.89. The van der Waals surface area contributed by atoms with E-state index in [-0.39, 0.29) is 30.8 Å². The molecule has 1 N–H and O–H groups in total. The van der Waals surface area contributed by atoms with E-state index in [1.807, 2.05) is 0 Å². The van der Waals surface area contributed by atoms with Crippen LogP contribution in [0.4, 0.5) is 8.78 Å². The highest BCUT2D eigenvalue weighted by Gasteiger charge is 2.25. The van der Waals surface area contributed by atoms with Gasteiger partial charge in [0.05, 0.1) is 11.4 Å². The third kappa shape index (κ3) is 5.65. The van der Waals surface area contributed by atoms with Crippen molar-refractivity contribution in [3.8, 4) is 5.75 Å². The van der Waals surface area contributed by atoms with Crippen molar-refractivity contribution in [2.24, 2.45) is 0 Å². The Morgan fingerprint density at radius 1 is 1.19 bits per heavy atom. The van der Waals surface area contributed by atoms with Crippen LogP contribution in [0.2, 0.25) is 5.02 Å². The molecular formula is C19H18ClF2NO4. The average Bonchev–Trinajstić information content (AvgIpc) is 2.63. The molecule has 0 aliphatic carbocycles. The van der Waals surface area contributed by atoms with Crippen LogP contribution in [0.15, 0.2) is 42.5 Å². The zero-order valence-electron chi connectivity index (χ0n) is 14.5. The molecule has 0 radical (unpaired) electrons. The minimum atomic E-state index is -1.12. The van der Waals surface area contributed by atoms with Gasteiger partial charge in [-0.05, 0) is 25.1 Å². The summed E-state index contributed by atoms with van der Waals surface area (Å²) in [5.74, 6) is -3.52. The average molecular weight is 398 g/mol. The standard InChI is InChI=1S/C19H18ClF2NO4/c1-12(27-16-8-3-2-6-14(16)20)19(26)23(10-9-17(24)25)11-13-5-4-7-15(21)18(13)22/h2-8,12H,9-11H2,1H3,(H,24,25)/t12-/m0/s1. The first-order chi connectivity index (χ1) is 12.8. The number of nitrogens with zero attached hydrogens (tertiary/aromatic N) is 1. The number of rotatable bonds is 8. The van der Waals surface area contributed by atoms with Crippen LogP contribution in [0.5, 0.6) is 5.75 Å². The minimum Gasteiger partial charge on any atom is -0.481 e. The van der Waals surface area contributed by atoms with Crippen molar-refractivity contribution in [1.82, 2.24) is 4.90 Å². The molecular weight excluding hydrogens is 380 g/mol. The van der Waals surface area contributed by atoms with Crippen LogP contribution >= 0.6 is 11.6 Å². The molecule has 1 amide bonds. The van der Waals surface area contributed by atoms with Crippen LogP contribution in [0.1, 0.15) is 18.9 Å². The number of hydrogen-bond donors (Lipinski definition) is 1. The predicted molar refractivity (Wildman–Crippen MR) is 95.6 cm³/mol. The topological polar surface area (TPSA) is 66.8 Å². The van der Waals surface area contributed by atoms with Crippen LogP contribution in [-0.2, 0) is 16.1 Å². The lowest BCUT2D eigenvalue weighted by Crippen LogP contribution is -2.41. The lowest BCUT2D eigenvalue weighted by atomic mass is 10.1. The van der Waals surface area contributed by atoms with E-state index in [1.54, 1.807) is 24.3 Å². The number of amides is 1. The zero-order valence-corrected chi connectivity index (χ0v) is 15.2. The van der Waals surface area contributed by atoms with Gasteiger partial charge in [-0.3, -0.25) is 9.59 Å². The summed E-state index contributed by atoms with van der Waals surface area (Å²) in [6.07, 6.45) is -1.35. The number of halogens is 3. The summed E-state index contributed by atoms with van der Waals surface area (Å²) in [6.45, 7) is 1.01. The van der Waals surface area contributed by atoms with E-state index < -0.39 is 29.6 Å². The first-order valence-corrected chi connectivity index (χ1v) is 8.52. The normalized spacial score (nSPS) is 11.7. The van der Waals surface area contributed by atoms with Gasteiger partial charge in [0.15, 0.2) is 17.7 Å².